The molecule has 0 saturated heterocycles. The van der Waals surface area contributed by atoms with Gasteiger partial charge in [-0.1, -0.05) is 16.9 Å². The topological polar surface area (TPSA) is 95.7 Å². The fourth-order valence-corrected chi connectivity index (χ4v) is 2.44. The van der Waals surface area contributed by atoms with Crippen molar-refractivity contribution in [3.05, 3.63) is 35.9 Å². The van der Waals surface area contributed by atoms with Crippen LogP contribution in [0.5, 0.6) is 0 Å². The first-order valence-electron chi connectivity index (χ1n) is 5.98. The third kappa shape index (κ3) is 2.72. The maximum absolute atomic E-state index is 5.29. The molecule has 9 heteroatoms. The number of tetrazole rings is 1. The Bertz CT molecular complexity index is 677. The smallest absolute Gasteiger partial charge is 0.239 e. The number of rotatable bonds is 5. The van der Waals surface area contributed by atoms with Gasteiger partial charge in [-0.25, -0.2) is 4.68 Å². The van der Waals surface area contributed by atoms with E-state index in [1.165, 1.54) is 11.8 Å². The van der Waals surface area contributed by atoms with Crippen LogP contribution in [0.1, 0.15) is 29.6 Å². The van der Waals surface area contributed by atoms with Crippen molar-refractivity contribution in [1.29, 1.82) is 0 Å². The molecule has 20 heavy (non-hydrogen) atoms. The molecule has 0 aliphatic rings. The first-order valence-corrected chi connectivity index (χ1v) is 6.86. The molecule has 1 unspecified atom stereocenters. The van der Waals surface area contributed by atoms with Crippen molar-refractivity contribution in [3.63, 3.8) is 0 Å². The average molecular weight is 292 g/mol. The molecule has 3 aromatic rings. The Morgan fingerprint density at radius 1 is 1.45 bits per heavy atom. The quantitative estimate of drug-likeness (QED) is 0.657. The molecular weight excluding hydrogens is 280 g/mol. The van der Waals surface area contributed by atoms with Gasteiger partial charge in [0.1, 0.15) is 12.3 Å². The number of aryl methyl sites for hydroxylation is 1. The van der Waals surface area contributed by atoms with Crippen molar-refractivity contribution in [2.45, 2.75) is 30.8 Å². The summed E-state index contributed by atoms with van der Waals surface area (Å²) in [5.74, 6) is 1.96. The van der Waals surface area contributed by atoms with E-state index in [1.807, 2.05) is 19.1 Å². The monoisotopic (exact) mass is 292 g/mol. The Labute approximate surface area is 118 Å². The second-order valence-electron chi connectivity index (χ2n) is 4.14. The van der Waals surface area contributed by atoms with E-state index in [1.54, 1.807) is 17.9 Å². The molecule has 0 bridgehead atoms. The zero-order chi connectivity index (χ0) is 13.9. The minimum Gasteiger partial charge on any atom is -0.467 e. The summed E-state index contributed by atoms with van der Waals surface area (Å²) in [4.78, 5) is 4.20. The van der Waals surface area contributed by atoms with E-state index in [0.717, 1.165) is 5.76 Å². The maximum Gasteiger partial charge on any atom is 0.239 e. The van der Waals surface area contributed by atoms with Crippen LogP contribution in [0.4, 0.5) is 0 Å². The van der Waals surface area contributed by atoms with Crippen LogP contribution in [-0.4, -0.2) is 30.3 Å². The zero-order valence-corrected chi connectivity index (χ0v) is 11.7. The molecular formula is C11H12N6O2S. The summed E-state index contributed by atoms with van der Waals surface area (Å²) in [7, 11) is 0. The average Bonchev–Trinajstić information content (AvgIpc) is 3.13. The lowest BCUT2D eigenvalue weighted by Gasteiger charge is -2.05. The predicted octanol–water partition coefficient (Wildman–Crippen LogP) is 1.86. The van der Waals surface area contributed by atoms with Crippen molar-refractivity contribution in [3.8, 4) is 0 Å². The molecule has 0 aliphatic carbocycles. The van der Waals surface area contributed by atoms with Gasteiger partial charge < -0.3 is 8.94 Å². The number of nitrogens with zero attached hydrogens (tertiary/aromatic N) is 6. The fraction of sp³-hybridized carbons (Fsp3) is 0.364. The van der Waals surface area contributed by atoms with Crippen molar-refractivity contribution in [2.75, 3.05) is 0 Å². The largest absolute Gasteiger partial charge is 0.467 e. The summed E-state index contributed by atoms with van der Waals surface area (Å²) < 4.78 is 12.1. The van der Waals surface area contributed by atoms with Gasteiger partial charge in [-0.2, -0.15) is 4.98 Å². The van der Waals surface area contributed by atoms with Gasteiger partial charge in [-0.05, 0) is 36.4 Å². The van der Waals surface area contributed by atoms with Gasteiger partial charge in [0.25, 0.3) is 0 Å². The Morgan fingerprint density at radius 3 is 3.05 bits per heavy atom. The summed E-state index contributed by atoms with van der Waals surface area (Å²) in [6.07, 6.45) is 1.62. The van der Waals surface area contributed by atoms with Crippen LogP contribution in [0.2, 0.25) is 0 Å². The lowest BCUT2D eigenvalue weighted by Crippen LogP contribution is -2.04. The molecule has 0 aliphatic heterocycles. The minimum atomic E-state index is -0.0300. The van der Waals surface area contributed by atoms with Crippen LogP contribution in [0.25, 0.3) is 0 Å². The fourth-order valence-electron chi connectivity index (χ4n) is 1.62. The number of hydrogen-bond acceptors (Lipinski definition) is 8. The summed E-state index contributed by atoms with van der Waals surface area (Å²) in [6, 6.07) is 3.71. The van der Waals surface area contributed by atoms with E-state index < -0.39 is 0 Å². The molecule has 3 rings (SSSR count). The minimum absolute atomic E-state index is 0.0300. The molecule has 0 fully saturated rings. The van der Waals surface area contributed by atoms with Crippen LogP contribution < -0.4 is 0 Å². The Morgan fingerprint density at radius 2 is 2.35 bits per heavy atom. The first-order chi connectivity index (χ1) is 9.72. The number of aromatic nitrogens is 6. The Balaban J connectivity index is 1.73. The molecule has 104 valence electrons. The van der Waals surface area contributed by atoms with Gasteiger partial charge in [0.2, 0.25) is 11.0 Å². The molecule has 3 heterocycles. The highest BCUT2D eigenvalue weighted by atomic mass is 32.2. The van der Waals surface area contributed by atoms with Crippen molar-refractivity contribution in [2.24, 2.45) is 0 Å². The highest BCUT2D eigenvalue weighted by molar-refractivity contribution is 7.99. The molecule has 3 aromatic heterocycles. The molecule has 0 amide bonds. The second-order valence-corrected chi connectivity index (χ2v) is 5.45. The number of hydrogen-bond donors (Lipinski definition) is 0. The third-order valence-electron chi connectivity index (χ3n) is 2.56. The van der Waals surface area contributed by atoms with Crippen molar-refractivity contribution < 1.29 is 8.94 Å². The highest BCUT2D eigenvalue weighted by Crippen LogP contribution is 2.32. The van der Waals surface area contributed by atoms with E-state index in [-0.39, 0.29) is 5.25 Å². The van der Waals surface area contributed by atoms with Crippen LogP contribution in [0.3, 0.4) is 0 Å². The molecule has 0 aromatic carbocycles. The molecule has 0 N–H and O–H groups in total. The van der Waals surface area contributed by atoms with E-state index in [2.05, 4.69) is 25.7 Å². The lowest BCUT2D eigenvalue weighted by molar-refractivity contribution is 0.376. The van der Waals surface area contributed by atoms with Gasteiger partial charge in [-0.3, -0.25) is 0 Å². The Hall–Kier alpha value is -2.16. The van der Waals surface area contributed by atoms with Crippen LogP contribution >= 0.6 is 11.8 Å². The molecule has 1 atom stereocenters. The molecule has 8 nitrogen and oxygen atoms in total. The standard InChI is InChI=1S/C11H12N6O2S/c1-7(10-12-8(2)14-19-10)20-11-13-15-16-17(11)6-9-4-3-5-18-9/h3-5,7H,6H2,1-2H3. The maximum atomic E-state index is 5.29. The SMILES string of the molecule is Cc1noc(C(C)Sc2nnnn2Cc2ccco2)n1. The van der Waals surface area contributed by atoms with Gasteiger partial charge in [0, 0.05) is 0 Å². The normalized spacial score (nSPS) is 12.7. The molecule has 0 spiro atoms. The summed E-state index contributed by atoms with van der Waals surface area (Å²) in [6.45, 7) is 4.23. The second kappa shape index (κ2) is 5.45. The third-order valence-corrected chi connectivity index (χ3v) is 3.62. The van der Waals surface area contributed by atoms with Crippen molar-refractivity contribution >= 4 is 11.8 Å². The van der Waals surface area contributed by atoms with Gasteiger partial charge in [0.05, 0.1) is 11.5 Å². The van der Waals surface area contributed by atoms with E-state index in [0.29, 0.717) is 23.4 Å². The molecule has 0 saturated carbocycles. The summed E-state index contributed by atoms with van der Waals surface area (Å²) >= 11 is 1.45. The van der Waals surface area contributed by atoms with Crippen LogP contribution in [0.15, 0.2) is 32.5 Å². The predicted molar refractivity (Wildman–Crippen MR) is 68.9 cm³/mol. The number of furan rings is 1. The van der Waals surface area contributed by atoms with Gasteiger partial charge in [-0.15, -0.1) is 5.10 Å². The van der Waals surface area contributed by atoms with Gasteiger partial charge in [0.15, 0.2) is 5.82 Å². The lowest BCUT2D eigenvalue weighted by atomic mass is 10.4. The van der Waals surface area contributed by atoms with Crippen LogP contribution in [-0.2, 0) is 6.54 Å². The van der Waals surface area contributed by atoms with Crippen molar-refractivity contribution in [1.82, 2.24) is 30.3 Å². The van der Waals surface area contributed by atoms with E-state index >= 15 is 0 Å². The molecule has 0 radical (unpaired) electrons. The summed E-state index contributed by atoms with van der Waals surface area (Å²) in [5, 5.41) is 16.1. The zero-order valence-electron chi connectivity index (χ0n) is 10.9. The first kappa shape index (κ1) is 12.9. The Kier molecular flexibility index (Phi) is 3.50. The number of thioether (sulfide) groups is 1. The highest BCUT2D eigenvalue weighted by Gasteiger charge is 2.18. The summed E-state index contributed by atoms with van der Waals surface area (Å²) in [5.41, 5.74) is 0. The van der Waals surface area contributed by atoms with E-state index in [4.69, 9.17) is 8.94 Å². The van der Waals surface area contributed by atoms with Crippen LogP contribution in [0, 0.1) is 6.92 Å². The van der Waals surface area contributed by atoms with E-state index in [9.17, 15) is 0 Å². The van der Waals surface area contributed by atoms with Gasteiger partial charge >= 0.3 is 0 Å².